The van der Waals surface area contributed by atoms with E-state index in [1.54, 1.807) is 34.9 Å². The molecule has 5 rings (SSSR count). The third kappa shape index (κ3) is 3.18. The number of para-hydroxylation sites is 2. The van der Waals surface area contributed by atoms with Gasteiger partial charge in [-0.3, -0.25) is 9.10 Å². The van der Waals surface area contributed by atoms with Crippen molar-refractivity contribution in [1.82, 2.24) is 0 Å². The fraction of sp³-hybridized carbons (Fsp3) is 0.174. The van der Waals surface area contributed by atoms with Gasteiger partial charge in [-0.15, -0.1) is 11.8 Å². The molecule has 2 aliphatic heterocycles. The lowest BCUT2D eigenvalue weighted by atomic mass is 10.1. The highest BCUT2D eigenvalue weighted by Crippen LogP contribution is 2.36. The van der Waals surface area contributed by atoms with Crippen LogP contribution in [0.5, 0.6) is 0 Å². The van der Waals surface area contributed by atoms with E-state index in [9.17, 15) is 13.2 Å². The van der Waals surface area contributed by atoms with Crippen LogP contribution in [0.15, 0.2) is 82.6 Å². The Kier molecular flexibility index (Phi) is 4.79. The van der Waals surface area contributed by atoms with Gasteiger partial charge in [0.1, 0.15) is 0 Å². The standard InChI is InChI=1S/C23H20N2O3S2/c26-23(24-14-15-29-22-11-4-3-10-21(22)24)18-7-5-8-19(16-18)30(27,28)25-13-12-17-6-1-2-9-20(17)25/h1-11,16H,12-15H2. The molecule has 0 N–H and O–H groups in total. The number of sulfonamides is 1. The highest BCUT2D eigenvalue weighted by molar-refractivity contribution is 7.99. The van der Waals surface area contributed by atoms with E-state index >= 15 is 0 Å². The van der Waals surface area contributed by atoms with Gasteiger partial charge in [0.2, 0.25) is 0 Å². The second kappa shape index (κ2) is 7.49. The minimum absolute atomic E-state index is 0.143. The van der Waals surface area contributed by atoms with E-state index in [2.05, 4.69) is 0 Å². The van der Waals surface area contributed by atoms with Crippen LogP contribution in [0.2, 0.25) is 0 Å². The molecule has 0 bridgehead atoms. The van der Waals surface area contributed by atoms with E-state index in [1.165, 1.54) is 10.4 Å². The summed E-state index contributed by atoms with van der Waals surface area (Å²) in [5.74, 6) is 0.632. The monoisotopic (exact) mass is 436 g/mol. The number of anilines is 2. The Morgan fingerprint density at radius 3 is 2.50 bits per heavy atom. The Hall–Kier alpha value is -2.77. The van der Waals surface area contributed by atoms with Crippen molar-refractivity contribution < 1.29 is 13.2 Å². The van der Waals surface area contributed by atoms with Crippen LogP contribution < -0.4 is 9.21 Å². The molecule has 0 saturated carbocycles. The molecule has 2 aliphatic rings. The van der Waals surface area contributed by atoms with Crippen molar-refractivity contribution in [1.29, 1.82) is 0 Å². The van der Waals surface area contributed by atoms with Gasteiger partial charge in [-0.25, -0.2) is 8.42 Å². The number of hydrogen-bond acceptors (Lipinski definition) is 4. The fourth-order valence-electron chi connectivity index (χ4n) is 4.01. The smallest absolute Gasteiger partial charge is 0.264 e. The van der Waals surface area contributed by atoms with Crippen LogP contribution in [-0.2, 0) is 16.4 Å². The van der Waals surface area contributed by atoms with Gasteiger partial charge >= 0.3 is 0 Å². The number of rotatable bonds is 3. The maximum Gasteiger partial charge on any atom is 0.264 e. The minimum Gasteiger partial charge on any atom is -0.306 e. The normalized spacial score (nSPS) is 15.6. The summed E-state index contributed by atoms with van der Waals surface area (Å²) in [5.41, 5.74) is 3.00. The Balaban J connectivity index is 1.49. The molecule has 7 heteroatoms. The number of carbonyl (C=O) groups excluding carboxylic acids is 1. The summed E-state index contributed by atoms with van der Waals surface area (Å²) in [6.07, 6.45) is 0.691. The van der Waals surface area contributed by atoms with Gasteiger partial charge in [-0.2, -0.15) is 0 Å². The molecule has 3 aromatic rings. The van der Waals surface area contributed by atoms with Gasteiger partial charge in [0, 0.05) is 29.3 Å². The van der Waals surface area contributed by atoms with Gasteiger partial charge in [-0.05, 0) is 48.4 Å². The zero-order valence-electron chi connectivity index (χ0n) is 16.2. The van der Waals surface area contributed by atoms with Crippen molar-refractivity contribution >= 4 is 39.1 Å². The van der Waals surface area contributed by atoms with Crippen molar-refractivity contribution in [2.45, 2.75) is 16.2 Å². The predicted octanol–water partition coefficient (Wildman–Crippen LogP) is 4.19. The maximum absolute atomic E-state index is 13.3. The summed E-state index contributed by atoms with van der Waals surface area (Å²) in [6, 6.07) is 21.8. The van der Waals surface area contributed by atoms with Crippen LogP contribution in [0.25, 0.3) is 0 Å². The second-order valence-corrected chi connectivity index (χ2v) is 10.3. The minimum atomic E-state index is -3.74. The van der Waals surface area contributed by atoms with Gasteiger partial charge < -0.3 is 4.90 Å². The summed E-state index contributed by atoms with van der Waals surface area (Å²) in [7, 11) is -3.74. The lowest BCUT2D eigenvalue weighted by Gasteiger charge is -2.29. The van der Waals surface area contributed by atoms with Crippen molar-refractivity contribution in [2.24, 2.45) is 0 Å². The highest BCUT2D eigenvalue weighted by atomic mass is 32.2. The first kappa shape index (κ1) is 19.2. The molecule has 0 fully saturated rings. The fourth-order valence-corrected chi connectivity index (χ4v) is 6.56. The number of thioether (sulfide) groups is 1. The number of fused-ring (bicyclic) bond motifs is 2. The molecule has 0 saturated heterocycles. The van der Waals surface area contributed by atoms with Gasteiger partial charge in [-0.1, -0.05) is 36.4 Å². The molecule has 0 radical (unpaired) electrons. The lowest BCUT2D eigenvalue weighted by molar-refractivity contribution is 0.0987. The summed E-state index contributed by atoms with van der Waals surface area (Å²) in [6.45, 7) is 1.01. The third-order valence-corrected chi connectivity index (χ3v) is 8.34. The van der Waals surface area contributed by atoms with E-state index in [0.29, 0.717) is 25.1 Å². The average molecular weight is 437 g/mol. The number of nitrogens with zero attached hydrogens (tertiary/aromatic N) is 2. The number of benzene rings is 3. The molecule has 3 aromatic carbocycles. The van der Waals surface area contributed by atoms with Crippen molar-refractivity contribution in [3.8, 4) is 0 Å². The Labute approximate surface area is 180 Å². The van der Waals surface area contributed by atoms with Crippen LogP contribution in [0.4, 0.5) is 11.4 Å². The van der Waals surface area contributed by atoms with Crippen LogP contribution in [0.3, 0.4) is 0 Å². The summed E-state index contributed by atoms with van der Waals surface area (Å²) < 4.78 is 28.1. The molecule has 0 atom stereocenters. The van der Waals surface area contributed by atoms with Crippen molar-refractivity contribution in [3.63, 3.8) is 0 Å². The largest absolute Gasteiger partial charge is 0.306 e. The van der Waals surface area contributed by atoms with Crippen LogP contribution in [0.1, 0.15) is 15.9 Å². The topological polar surface area (TPSA) is 57.7 Å². The van der Waals surface area contributed by atoms with Gasteiger partial charge in [0.25, 0.3) is 15.9 Å². The first-order valence-electron chi connectivity index (χ1n) is 9.80. The number of amides is 1. The Bertz CT molecular complexity index is 1240. The third-order valence-electron chi connectivity index (χ3n) is 5.49. The molecule has 5 nitrogen and oxygen atoms in total. The van der Waals surface area contributed by atoms with E-state index in [0.717, 1.165) is 27.6 Å². The summed E-state index contributed by atoms with van der Waals surface area (Å²) in [5, 5.41) is 0. The number of hydrogen-bond donors (Lipinski definition) is 0. The van der Waals surface area contributed by atoms with E-state index in [4.69, 9.17) is 0 Å². The molecular weight excluding hydrogens is 416 g/mol. The molecule has 0 aliphatic carbocycles. The quantitative estimate of drug-likeness (QED) is 0.618. The second-order valence-electron chi connectivity index (χ2n) is 7.26. The molecule has 0 unspecified atom stereocenters. The maximum atomic E-state index is 13.3. The first-order chi connectivity index (χ1) is 14.6. The van der Waals surface area contributed by atoms with E-state index in [-0.39, 0.29) is 10.8 Å². The molecule has 30 heavy (non-hydrogen) atoms. The van der Waals surface area contributed by atoms with Gasteiger partial charge in [0.15, 0.2) is 0 Å². The first-order valence-corrected chi connectivity index (χ1v) is 12.2. The van der Waals surface area contributed by atoms with Crippen LogP contribution in [-0.4, -0.2) is 33.2 Å². The van der Waals surface area contributed by atoms with Crippen molar-refractivity contribution in [2.75, 3.05) is 28.0 Å². The number of carbonyl (C=O) groups is 1. The SMILES string of the molecule is O=C(c1cccc(S(=O)(=O)N2CCc3ccccc32)c1)N1CCSc2ccccc21. The molecule has 0 aromatic heterocycles. The molecule has 2 heterocycles. The van der Waals surface area contributed by atoms with E-state index in [1.807, 2.05) is 48.5 Å². The lowest BCUT2D eigenvalue weighted by Crippen LogP contribution is -2.35. The molecule has 152 valence electrons. The van der Waals surface area contributed by atoms with E-state index < -0.39 is 10.0 Å². The zero-order chi connectivity index (χ0) is 20.7. The van der Waals surface area contributed by atoms with Crippen LogP contribution >= 0.6 is 11.8 Å². The summed E-state index contributed by atoms with van der Waals surface area (Å²) in [4.78, 5) is 16.2. The highest BCUT2D eigenvalue weighted by Gasteiger charge is 2.31. The zero-order valence-corrected chi connectivity index (χ0v) is 17.8. The average Bonchev–Trinajstić information content (AvgIpc) is 3.23. The molecular formula is C23H20N2O3S2. The van der Waals surface area contributed by atoms with Crippen LogP contribution in [0, 0.1) is 0 Å². The molecule has 0 spiro atoms. The Morgan fingerprint density at radius 1 is 0.867 bits per heavy atom. The Morgan fingerprint density at radius 2 is 1.63 bits per heavy atom. The van der Waals surface area contributed by atoms with Gasteiger partial charge in [0.05, 0.1) is 16.3 Å². The van der Waals surface area contributed by atoms with Crippen molar-refractivity contribution in [3.05, 3.63) is 83.9 Å². The molecule has 1 amide bonds. The predicted molar refractivity (Wildman–Crippen MR) is 120 cm³/mol. The summed E-state index contributed by atoms with van der Waals surface area (Å²) >= 11 is 1.73.